The maximum atomic E-state index is 12.7. The first kappa shape index (κ1) is 18.5. The van der Waals surface area contributed by atoms with Crippen LogP contribution in [0.3, 0.4) is 0 Å². The van der Waals surface area contributed by atoms with Crippen molar-refractivity contribution in [2.24, 2.45) is 4.40 Å². The van der Waals surface area contributed by atoms with E-state index in [0.717, 1.165) is 6.42 Å². The third-order valence-corrected chi connectivity index (χ3v) is 6.50. The molecule has 0 N–H and O–H groups in total. The molecule has 7 nitrogen and oxygen atoms in total. The lowest BCUT2D eigenvalue weighted by Crippen LogP contribution is -2.37. The molecule has 28 heavy (non-hydrogen) atoms. The average molecular weight is 399 g/mol. The standard InChI is InChI=1S/C20H21N3O4S/c1-15-18(16-6-3-2-4-7-16)28(25,26)21-19(15)22-9-5-10-23(12-11-22)20(24)17-8-13-27-14-17/h2-4,6-8,13-14H,5,9-12H2,1H3. The summed E-state index contributed by atoms with van der Waals surface area (Å²) in [5.74, 6) is 0.408. The highest BCUT2D eigenvalue weighted by Gasteiger charge is 2.34. The van der Waals surface area contributed by atoms with Crippen molar-refractivity contribution in [1.29, 1.82) is 0 Å². The molecule has 2 aliphatic heterocycles. The van der Waals surface area contributed by atoms with E-state index in [1.165, 1.54) is 12.5 Å². The van der Waals surface area contributed by atoms with E-state index in [-0.39, 0.29) is 10.8 Å². The monoisotopic (exact) mass is 399 g/mol. The zero-order chi connectivity index (χ0) is 19.7. The number of carbonyl (C=O) groups excluding carboxylic acids is 1. The molecule has 4 rings (SSSR count). The van der Waals surface area contributed by atoms with Crippen LogP contribution in [-0.2, 0) is 10.0 Å². The van der Waals surface area contributed by atoms with Gasteiger partial charge in [-0.15, -0.1) is 4.40 Å². The van der Waals surface area contributed by atoms with E-state index < -0.39 is 10.0 Å². The smallest absolute Gasteiger partial charge is 0.285 e. The number of hydrogen-bond donors (Lipinski definition) is 0. The molecule has 0 spiro atoms. The van der Waals surface area contributed by atoms with Gasteiger partial charge in [-0.05, 0) is 25.0 Å². The molecule has 0 bridgehead atoms. The van der Waals surface area contributed by atoms with E-state index in [2.05, 4.69) is 4.40 Å². The largest absolute Gasteiger partial charge is 0.472 e. The Morgan fingerprint density at radius 2 is 1.86 bits per heavy atom. The second kappa shape index (κ2) is 7.27. The second-order valence-electron chi connectivity index (χ2n) is 6.85. The fourth-order valence-corrected chi connectivity index (χ4v) is 5.16. The van der Waals surface area contributed by atoms with Crippen molar-refractivity contribution in [1.82, 2.24) is 9.80 Å². The summed E-state index contributed by atoms with van der Waals surface area (Å²) in [6, 6.07) is 10.7. The Labute approximate surface area is 164 Å². The zero-order valence-corrected chi connectivity index (χ0v) is 16.4. The minimum Gasteiger partial charge on any atom is -0.472 e. The van der Waals surface area contributed by atoms with Crippen LogP contribution in [0.4, 0.5) is 0 Å². The minimum absolute atomic E-state index is 0.0752. The van der Waals surface area contributed by atoms with Crippen LogP contribution in [0.15, 0.2) is 63.3 Å². The summed E-state index contributed by atoms with van der Waals surface area (Å²) in [5.41, 5.74) is 1.82. The number of sulfonamides is 1. The van der Waals surface area contributed by atoms with Crippen molar-refractivity contribution in [3.63, 3.8) is 0 Å². The maximum Gasteiger partial charge on any atom is 0.285 e. The van der Waals surface area contributed by atoms with Crippen molar-refractivity contribution in [3.8, 4) is 0 Å². The Balaban J connectivity index is 1.56. The van der Waals surface area contributed by atoms with Gasteiger partial charge in [-0.25, -0.2) is 0 Å². The molecule has 2 aromatic rings. The molecule has 0 aliphatic carbocycles. The first-order valence-corrected chi connectivity index (χ1v) is 10.6. The molecule has 8 heteroatoms. The highest BCUT2D eigenvalue weighted by molar-refractivity contribution is 8.00. The van der Waals surface area contributed by atoms with Crippen LogP contribution in [0, 0.1) is 0 Å². The van der Waals surface area contributed by atoms with Crippen LogP contribution in [0.5, 0.6) is 0 Å². The molecule has 0 saturated carbocycles. The molecule has 1 aromatic heterocycles. The predicted molar refractivity (Wildman–Crippen MR) is 106 cm³/mol. The van der Waals surface area contributed by atoms with Crippen molar-refractivity contribution in [2.75, 3.05) is 26.2 Å². The van der Waals surface area contributed by atoms with Crippen molar-refractivity contribution < 1.29 is 17.6 Å². The molecule has 1 fully saturated rings. The number of carbonyl (C=O) groups is 1. The van der Waals surface area contributed by atoms with Gasteiger partial charge >= 0.3 is 0 Å². The molecule has 1 aromatic carbocycles. The Hall–Kier alpha value is -2.87. The van der Waals surface area contributed by atoms with E-state index in [9.17, 15) is 13.2 Å². The van der Waals surface area contributed by atoms with Gasteiger partial charge in [0.25, 0.3) is 15.9 Å². The molecule has 3 heterocycles. The molecular weight excluding hydrogens is 378 g/mol. The lowest BCUT2D eigenvalue weighted by molar-refractivity contribution is 0.0763. The summed E-state index contributed by atoms with van der Waals surface area (Å²) in [5, 5.41) is 0. The van der Waals surface area contributed by atoms with Gasteiger partial charge in [0.05, 0.1) is 11.8 Å². The molecular formula is C20H21N3O4S. The fraction of sp³-hybridized carbons (Fsp3) is 0.300. The van der Waals surface area contributed by atoms with Gasteiger partial charge in [-0.1, -0.05) is 30.3 Å². The topological polar surface area (TPSA) is 83.2 Å². The zero-order valence-electron chi connectivity index (χ0n) is 15.5. The fourth-order valence-electron chi connectivity index (χ4n) is 3.67. The molecule has 1 amide bonds. The van der Waals surface area contributed by atoms with Crippen LogP contribution >= 0.6 is 0 Å². The number of amidine groups is 1. The minimum atomic E-state index is -3.73. The maximum absolute atomic E-state index is 12.7. The highest BCUT2D eigenvalue weighted by Crippen LogP contribution is 2.33. The van der Waals surface area contributed by atoms with Crippen molar-refractivity contribution in [2.45, 2.75) is 13.3 Å². The summed E-state index contributed by atoms with van der Waals surface area (Å²) in [7, 11) is -3.73. The van der Waals surface area contributed by atoms with Gasteiger partial charge in [0, 0.05) is 31.8 Å². The number of amides is 1. The van der Waals surface area contributed by atoms with Crippen LogP contribution in [0.1, 0.15) is 29.3 Å². The highest BCUT2D eigenvalue weighted by atomic mass is 32.2. The Morgan fingerprint density at radius 1 is 1.07 bits per heavy atom. The quantitative estimate of drug-likeness (QED) is 0.775. The lowest BCUT2D eigenvalue weighted by Gasteiger charge is -2.23. The number of benzene rings is 1. The van der Waals surface area contributed by atoms with E-state index >= 15 is 0 Å². The molecule has 2 aliphatic rings. The summed E-state index contributed by atoms with van der Waals surface area (Å²) in [6.45, 7) is 4.07. The third-order valence-electron chi connectivity index (χ3n) is 5.03. The molecule has 0 unspecified atom stereocenters. The lowest BCUT2D eigenvalue weighted by atomic mass is 10.1. The number of hydrogen-bond acceptors (Lipinski definition) is 5. The summed E-state index contributed by atoms with van der Waals surface area (Å²) in [4.78, 5) is 16.6. The van der Waals surface area contributed by atoms with E-state index in [1.54, 1.807) is 30.0 Å². The SMILES string of the molecule is CC1=C(c2ccccc2)S(=O)(=O)N=C1N1CCCN(C(=O)c2ccoc2)CC1. The molecule has 146 valence electrons. The number of furan rings is 1. The van der Waals surface area contributed by atoms with Gasteiger partial charge in [-0.2, -0.15) is 8.42 Å². The number of nitrogens with zero attached hydrogens (tertiary/aromatic N) is 3. The molecule has 0 radical (unpaired) electrons. The Bertz CT molecular complexity index is 1040. The summed E-state index contributed by atoms with van der Waals surface area (Å²) in [6.07, 6.45) is 3.66. The molecule has 0 atom stereocenters. The second-order valence-corrected chi connectivity index (χ2v) is 8.40. The molecule has 1 saturated heterocycles. The van der Waals surface area contributed by atoms with Crippen molar-refractivity contribution in [3.05, 3.63) is 65.6 Å². The van der Waals surface area contributed by atoms with Gasteiger partial charge in [0.1, 0.15) is 17.0 Å². The predicted octanol–water partition coefficient (Wildman–Crippen LogP) is 2.60. The van der Waals surface area contributed by atoms with E-state index in [4.69, 9.17) is 4.42 Å². The average Bonchev–Trinajstić information content (AvgIpc) is 3.21. The third kappa shape index (κ3) is 3.35. The van der Waals surface area contributed by atoms with E-state index in [1.807, 2.05) is 23.1 Å². The Kier molecular flexibility index (Phi) is 4.80. The Morgan fingerprint density at radius 3 is 2.57 bits per heavy atom. The summed E-state index contributed by atoms with van der Waals surface area (Å²) < 4.78 is 34.5. The van der Waals surface area contributed by atoms with Crippen LogP contribution in [0.2, 0.25) is 0 Å². The van der Waals surface area contributed by atoms with Gasteiger partial charge in [-0.3, -0.25) is 4.79 Å². The normalized spacial score (nSPS) is 19.5. The van der Waals surface area contributed by atoms with E-state index in [0.29, 0.717) is 48.7 Å². The van der Waals surface area contributed by atoms with Crippen LogP contribution in [-0.4, -0.2) is 56.1 Å². The van der Waals surface area contributed by atoms with Crippen LogP contribution < -0.4 is 0 Å². The van der Waals surface area contributed by atoms with Gasteiger partial charge < -0.3 is 14.2 Å². The van der Waals surface area contributed by atoms with Gasteiger partial charge in [0.2, 0.25) is 0 Å². The first-order chi connectivity index (χ1) is 13.5. The first-order valence-electron chi connectivity index (χ1n) is 9.15. The summed E-state index contributed by atoms with van der Waals surface area (Å²) >= 11 is 0. The number of rotatable bonds is 2. The van der Waals surface area contributed by atoms with Crippen molar-refractivity contribution >= 4 is 26.7 Å². The van der Waals surface area contributed by atoms with Crippen LogP contribution in [0.25, 0.3) is 4.91 Å². The van der Waals surface area contributed by atoms with Gasteiger partial charge in [0.15, 0.2) is 0 Å².